The molecule has 0 aliphatic carbocycles. The van der Waals surface area contributed by atoms with Crippen LogP contribution in [0.25, 0.3) is 0 Å². The predicted octanol–water partition coefficient (Wildman–Crippen LogP) is 2.58. The first-order valence-corrected chi connectivity index (χ1v) is 6.23. The van der Waals surface area contributed by atoms with E-state index < -0.39 is 0 Å². The minimum absolute atomic E-state index is 0.0760. The molecule has 0 spiro atoms. The molecule has 0 radical (unpaired) electrons. The fraction of sp³-hybridized carbons (Fsp3) is 0.267. The Kier molecular flexibility index (Phi) is 4.24. The third kappa shape index (κ3) is 3.36. The zero-order valence-corrected chi connectivity index (χ0v) is 11.2. The van der Waals surface area contributed by atoms with Crippen molar-refractivity contribution >= 4 is 0 Å². The van der Waals surface area contributed by atoms with Crippen LogP contribution in [0.15, 0.2) is 36.7 Å². The molecule has 0 amide bonds. The Morgan fingerprint density at radius 3 is 2.74 bits per heavy atom. The molecule has 2 rings (SSSR count). The number of aromatic nitrogens is 1. The molecule has 0 aliphatic rings. The smallest absolute Gasteiger partial charge is 0.123 e. The fourth-order valence-electron chi connectivity index (χ4n) is 2.12. The summed E-state index contributed by atoms with van der Waals surface area (Å²) >= 11 is 0. The van der Waals surface area contributed by atoms with Gasteiger partial charge in [0.1, 0.15) is 5.82 Å². The second-order valence-corrected chi connectivity index (χ2v) is 4.79. The van der Waals surface area contributed by atoms with Gasteiger partial charge in [-0.3, -0.25) is 16.3 Å². The number of rotatable bonds is 4. The van der Waals surface area contributed by atoms with Gasteiger partial charge in [-0.05, 0) is 54.7 Å². The molecule has 0 bridgehead atoms. The average Bonchev–Trinajstić information content (AvgIpc) is 2.39. The van der Waals surface area contributed by atoms with Crippen molar-refractivity contribution in [3.05, 3.63) is 64.7 Å². The van der Waals surface area contributed by atoms with E-state index in [4.69, 9.17) is 5.84 Å². The van der Waals surface area contributed by atoms with Crippen molar-refractivity contribution in [1.29, 1.82) is 0 Å². The quantitative estimate of drug-likeness (QED) is 0.655. The molecule has 3 N–H and O–H groups in total. The van der Waals surface area contributed by atoms with Crippen LogP contribution in [0.5, 0.6) is 0 Å². The van der Waals surface area contributed by atoms with E-state index in [1.807, 2.05) is 19.9 Å². The number of aryl methyl sites for hydroxylation is 2. The zero-order valence-electron chi connectivity index (χ0n) is 11.2. The molecule has 1 aromatic heterocycles. The van der Waals surface area contributed by atoms with Crippen molar-refractivity contribution in [1.82, 2.24) is 10.4 Å². The van der Waals surface area contributed by atoms with Crippen LogP contribution in [0.1, 0.15) is 28.3 Å². The number of hydrogen-bond acceptors (Lipinski definition) is 3. The molecule has 0 aliphatic heterocycles. The molecule has 0 fully saturated rings. The molecule has 1 atom stereocenters. The molecule has 1 aromatic carbocycles. The molecule has 0 saturated heterocycles. The van der Waals surface area contributed by atoms with Gasteiger partial charge in [-0.1, -0.05) is 12.1 Å². The minimum Gasteiger partial charge on any atom is -0.271 e. The van der Waals surface area contributed by atoms with Gasteiger partial charge in [0.05, 0.1) is 6.04 Å². The average molecular weight is 259 g/mol. The third-order valence-corrected chi connectivity index (χ3v) is 3.23. The van der Waals surface area contributed by atoms with Crippen LogP contribution in [-0.2, 0) is 6.42 Å². The van der Waals surface area contributed by atoms with E-state index in [0.29, 0.717) is 6.42 Å². The molecule has 1 heterocycles. The van der Waals surface area contributed by atoms with Gasteiger partial charge in [0.25, 0.3) is 0 Å². The monoisotopic (exact) mass is 259 g/mol. The van der Waals surface area contributed by atoms with E-state index in [2.05, 4.69) is 10.4 Å². The molecule has 0 saturated carbocycles. The van der Waals surface area contributed by atoms with Gasteiger partial charge in [-0.2, -0.15) is 0 Å². The summed E-state index contributed by atoms with van der Waals surface area (Å²) < 4.78 is 13.3. The van der Waals surface area contributed by atoms with Gasteiger partial charge < -0.3 is 0 Å². The lowest BCUT2D eigenvalue weighted by Gasteiger charge is -2.17. The summed E-state index contributed by atoms with van der Waals surface area (Å²) in [7, 11) is 0. The summed E-state index contributed by atoms with van der Waals surface area (Å²) in [6, 6.07) is 6.77. The second kappa shape index (κ2) is 5.91. The van der Waals surface area contributed by atoms with E-state index in [0.717, 1.165) is 22.3 Å². The largest absolute Gasteiger partial charge is 0.271 e. The van der Waals surface area contributed by atoms with Gasteiger partial charge >= 0.3 is 0 Å². The fourth-order valence-corrected chi connectivity index (χ4v) is 2.12. The zero-order chi connectivity index (χ0) is 13.8. The minimum atomic E-state index is -0.223. The number of halogens is 1. The van der Waals surface area contributed by atoms with Gasteiger partial charge in [-0.25, -0.2) is 4.39 Å². The number of nitrogens with one attached hydrogen (secondary N) is 1. The highest BCUT2D eigenvalue weighted by atomic mass is 19.1. The molecule has 2 aromatic rings. The topological polar surface area (TPSA) is 50.9 Å². The van der Waals surface area contributed by atoms with Crippen LogP contribution >= 0.6 is 0 Å². The SMILES string of the molecule is Cc1cncc(C(Cc2cc(F)ccc2C)NN)c1. The Hall–Kier alpha value is -1.78. The van der Waals surface area contributed by atoms with Gasteiger partial charge in [-0.15, -0.1) is 0 Å². The number of benzene rings is 1. The van der Waals surface area contributed by atoms with Crippen molar-refractivity contribution < 1.29 is 4.39 Å². The third-order valence-electron chi connectivity index (χ3n) is 3.23. The van der Waals surface area contributed by atoms with Crippen molar-refractivity contribution in [3.63, 3.8) is 0 Å². The number of pyridine rings is 1. The molecule has 1 unspecified atom stereocenters. The summed E-state index contributed by atoms with van der Waals surface area (Å²) in [4.78, 5) is 4.17. The second-order valence-electron chi connectivity index (χ2n) is 4.79. The van der Waals surface area contributed by atoms with Crippen molar-refractivity contribution in [2.75, 3.05) is 0 Å². The van der Waals surface area contributed by atoms with Crippen LogP contribution in [0.2, 0.25) is 0 Å². The van der Waals surface area contributed by atoms with Crippen molar-refractivity contribution in [2.24, 2.45) is 5.84 Å². The molecular formula is C15H18FN3. The summed E-state index contributed by atoms with van der Waals surface area (Å²) in [5.74, 6) is 5.40. The number of nitrogens with zero attached hydrogens (tertiary/aromatic N) is 1. The highest BCUT2D eigenvalue weighted by molar-refractivity contribution is 5.30. The maximum Gasteiger partial charge on any atom is 0.123 e. The van der Waals surface area contributed by atoms with E-state index in [9.17, 15) is 4.39 Å². The van der Waals surface area contributed by atoms with E-state index >= 15 is 0 Å². The lowest BCUT2D eigenvalue weighted by atomic mass is 9.97. The molecular weight excluding hydrogens is 241 g/mol. The Balaban J connectivity index is 2.26. The maximum absolute atomic E-state index is 13.3. The number of hydrogen-bond donors (Lipinski definition) is 2. The Bertz CT molecular complexity index is 569. The summed E-state index contributed by atoms with van der Waals surface area (Å²) in [6.45, 7) is 3.95. The summed E-state index contributed by atoms with van der Waals surface area (Å²) in [5.41, 5.74) is 6.87. The van der Waals surface area contributed by atoms with E-state index in [-0.39, 0.29) is 11.9 Å². The lowest BCUT2D eigenvalue weighted by molar-refractivity contribution is 0.545. The van der Waals surface area contributed by atoms with Crippen LogP contribution in [-0.4, -0.2) is 4.98 Å². The first-order valence-electron chi connectivity index (χ1n) is 6.23. The molecule has 4 heteroatoms. The molecule has 100 valence electrons. The summed E-state index contributed by atoms with van der Waals surface area (Å²) in [5, 5.41) is 0. The first kappa shape index (κ1) is 13.6. The Morgan fingerprint density at radius 1 is 1.26 bits per heavy atom. The summed E-state index contributed by atoms with van der Waals surface area (Å²) in [6.07, 6.45) is 4.21. The van der Waals surface area contributed by atoms with Crippen molar-refractivity contribution in [2.45, 2.75) is 26.3 Å². The van der Waals surface area contributed by atoms with Crippen LogP contribution < -0.4 is 11.3 Å². The Labute approximate surface area is 112 Å². The standard InChI is InChI=1S/C15H18FN3/c1-10-5-13(9-18-8-10)15(19-17)7-12-6-14(16)4-3-11(12)2/h3-6,8-9,15,19H,7,17H2,1-2H3. The maximum atomic E-state index is 13.3. The van der Waals surface area contributed by atoms with Crippen LogP contribution in [0.4, 0.5) is 4.39 Å². The molecule has 19 heavy (non-hydrogen) atoms. The first-order chi connectivity index (χ1) is 9.10. The molecule has 3 nitrogen and oxygen atoms in total. The van der Waals surface area contributed by atoms with Gasteiger partial charge in [0.15, 0.2) is 0 Å². The van der Waals surface area contributed by atoms with E-state index in [1.54, 1.807) is 24.5 Å². The van der Waals surface area contributed by atoms with Gasteiger partial charge in [0.2, 0.25) is 0 Å². The van der Waals surface area contributed by atoms with Crippen LogP contribution in [0, 0.1) is 19.7 Å². The predicted molar refractivity (Wildman–Crippen MR) is 73.9 cm³/mol. The lowest BCUT2D eigenvalue weighted by Crippen LogP contribution is -2.30. The van der Waals surface area contributed by atoms with E-state index in [1.165, 1.54) is 6.07 Å². The highest BCUT2D eigenvalue weighted by Gasteiger charge is 2.13. The Morgan fingerprint density at radius 2 is 2.05 bits per heavy atom. The van der Waals surface area contributed by atoms with Crippen molar-refractivity contribution in [3.8, 4) is 0 Å². The number of nitrogens with two attached hydrogens (primary N) is 1. The van der Waals surface area contributed by atoms with Crippen LogP contribution in [0.3, 0.4) is 0 Å². The highest BCUT2D eigenvalue weighted by Crippen LogP contribution is 2.20. The number of hydrazine groups is 1. The van der Waals surface area contributed by atoms with Gasteiger partial charge in [0, 0.05) is 12.4 Å². The normalized spacial score (nSPS) is 12.4.